The van der Waals surface area contributed by atoms with Crippen molar-refractivity contribution in [1.82, 2.24) is 9.80 Å². The summed E-state index contributed by atoms with van der Waals surface area (Å²) < 4.78 is 61.9. The lowest BCUT2D eigenvalue weighted by Crippen LogP contribution is -2.58. The molecule has 6 heterocycles. The molecule has 8 atom stereocenters. The van der Waals surface area contributed by atoms with Crippen molar-refractivity contribution in [2.75, 3.05) is 63.5 Å². The molecule has 0 bridgehead atoms. The van der Waals surface area contributed by atoms with Crippen LogP contribution in [0.2, 0.25) is 0 Å². The normalized spacial score (nSPS) is 26.0. The molecule has 0 saturated carbocycles. The zero-order valence-electron chi connectivity index (χ0n) is 45.9. The molecule has 2 aromatic carbocycles. The van der Waals surface area contributed by atoms with Gasteiger partial charge in [-0.15, -0.1) is 0 Å². The summed E-state index contributed by atoms with van der Waals surface area (Å²) in [6.07, 6.45) is 10.8. The Labute approximate surface area is 444 Å². The van der Waals surface area contributed by atoms with E-state index in [0.717, 1.165) is 83.5 Å². The van der Waals surface area contributed by atoms with E-state index in [2.05, 4.69) is 0 Å². The van der Waals surface area contributed by atoms with Crippen LogP contribution < -0.4 is 19.3 Å². The summed E-state index contributed by atoms with van der Waals surface area (Å²) in [5.74, 6) is 0.607. The summed E-state index contributed by atoms with van der Waals surface area (Å²) in [6, 6.07) is 9.14. The molecule has 2 aromatic rings. The summed E-state index contributed by atoms with van der Waals surface area (Å²) in [7, 11) is 3.11. The third-order valence-corrected chi connectivity index (χ3v) is 14.8. The van der Waals surface area contributed by atoms with Gasteiger partial charge in [-0.05, 0) is 142 Å². The maximum Gasteiger partial charge on any atom is 0.417 e. The van der Waals surface area contributed by atoms with Crippen LogP contribution in [0.4, 0.5) is 21.0 Å². The van der Waals surface area contributed by atoms with E-state index in [9.17, 15) is 19.2 Å². The minimum absolute atomic E-state index is 0.208. The van der Waals surface area contributed by atoms with E-state index >= 15 is 0 Å². The van der Waals surface area contributed by atoms with Gasteiger partial charge in [0, 0.05) is 39.5 Å². The van der Waals surface area contributed by atoms with Crippen LogP contribution in [0.25, 0.3) is 0 Å². The number of anilines is 2. The summed E-state index contributed by atoms with van der Waals surface area (Å²) >= 11 is 0. The zero-order valence-corrected chi connectivity index (χ0v) is 45.9. The van der Waals surface area contributed by atoms with E-state index in [0.29, 0.717) is 99.2 Å². The Hall–Kier alpha value is -4.72. The van der Waals surface area contributed by atoms with Crippen LogP contribution in [-0.4, -0.2) is 148 Å². The number of carbonyl (C=O) groups is 4. The number of hydrogen-bond donors (Lipinski definition) is 0. The number of nitrogens with zero attached hydrogens (tertiary/aromatic N) is 4. The molecule has 0 aromatic heterocycles. The number of amides is 4. The predicted molar refractivity (Wildman–Crippen MR) is 280 cm³/mol. The van der Waals surface area contributed by atoms with E-state index < -0.39 is 60.5 Å². The molecule has 18 heteroatoms. The van der Waals surface area contributed by atoms with Crippen LogP contribution in [0.15, 0.2) is 36.4 Å². The maximum absolute atomic E-state index is 14.4. The molecule has 4 saturated heterocycles. The van der Waals surface area contributed by atoms with Gasteiger partial charge in [0.1, 0.15) is 34.8 Å². The largest absolute Gasteiger partial charge is 0.497 e. The molecular formula is C57H84N4O14. The van der Waals surface area contributed by atoms with Crippen molar-refractivity contribution in [1.29, 1.82) is 0 Å². The molecule has 4 unspecified atom stereocenters. The maximum atomic E-state index is 14.4. The zero-order chi connectivity index (χ0) is 53.3. The third-order valence-electron chi connectivity index (χ3n) is 14.8. The van der Waals surface area contributed by atoms with Crippen molar-refractivity contribution in [3.05, 3.63) is 47.5 Å². The van der Waals surface area contributed by atoms with E-state index in [4.69, 9.17) is 47.4 Å². The fraction of sp³-hybridized carbons (Fsp3) is 0.719. The third kappa shape index (κ3) is 14.1. The first-order valence-corrected chi connectivity index (χ1v) is 27.8. The lowest BCUT2D eigenvalue weighted by atomic mass is 10.1. The highest BCUT2D eigenvalue weighted by molar-refractivity contribution is 6.06. The minimum atomic E-state index is -0.907. The van der Waals surface area contributed by atoms with Gasteiger partial charge in [-0.3, -0.25) is 9.59 Å². The minimum Gasteiger partial charge on any atom is -0.497 e. The van der Waals surface area contributed by atoms with Crippen molar-refractivity contribution in [3.8, 4) is 11.5 Å². The van der Waals surface area contributed by atoms with Gasteiger partial charge in [0.2, 0.25) is 0 Å². The van der Waals surface area contributed by atoms with E-state index in [-0.39, 0.29) is 24.0 Å². The van der Waals surface area contributed by atoms with E-state index in [1.165, 1.54) is 9.80 Å². The van der Waals surface area contributed by atoms with Gasteiger partial charge in [0.05, 0.1) is 48.9 Å². The van der Waals surface area contributed by atoms with Crippen molar-refractivity contribution in [3.63, 3.8) is 0 Å². The van der Waals surface area contributed by atoms with Crippen LogP contribution in [0.5, 0.6) is 11.5 Å². The highest BCUT2D eigenvalue weighted by atomic mass is 16.7. The molecule has 4 amide bonds. The van der Waals surface area contributed by atoms with Gasteiger partial charge in [-0.25, -0.2) is 19.4 Å². The average Bonchev–Trinajstić information content (AvgIpc) is 3.97. The molecule has 6 aliphatic rings. The van der Waals surface area contributed by atoms with Gasteiger partial charge in [-0.2, -0.15) is 0 Å². The monoisotopic (exact) mass is 1050 g/mol. The molecule has 4 fully saturated rings. The Bertz CT molecular complexity index is 2080. The van der Waals surface area contributed by atoms with Gasteiger partial charge in [-0.1, -0.05) is 44.9 Å². The Kier molecular flexibility index (Phi) is 19.3. The van der Waals surface area contributed by atoms with Gasteiger partial charge in [0.25, 0.3) is 11.8 Å². The molecule has 0 radical (unpaired) electrons. The molecule has 6 aliphatic heterocycles. The standard InChI is InChI=1S/C57H84N4O14/c1-56(2,3)74-54(64)60-42-26-24-38(66-7)36-40(42)50(62)58-30-28-44(48(58)52(60)72-46-22-16-20-34-70-46)68-32-18-14-12-10-9-11-13-15-19-33-69-45-29-31-59-49(45)53(73-47-23-17-21-35-71-47)61(55(65)75-57(4,5)6)43-27-25-39(67-8)37-41(43)51(59)63/h24-27,36-37,44-49,52-53H,9-23,28-35H2,1-8H3/t44?,45?,46?,47?,48-,49-,52-,53-/m0/s1. The Morgan fingerprint density at radius 3 is 1.28 bits per heavy atom. The molecule has 75 heavy (non-hydrogen) atoms. The summed E-state index contributed by atoms with van der Waals surface area (Å²) in [5, 5.41) is 0. The topological polar surface area (TPSA) is 174 Å². The Morgan fingerprint density at radius 1 is 0.547 bits per heavy atom. The van der Waals surface area contributed by atoms with Crippen LogP contribution in [0.1, 0.15) is 171 Å². The molecule has 0 aliphatic carbocycles. The number of ether oxygens (including phenoxy) is 10. The predicted octanol–water partition coefficient (Wildman–Crippen LogP) is 10.4. The number of rotatable bonds is 20. The first-order valence-electron chi connectivity index (χ1n) is 27.8. The number of methoxy groups -OCH3 is 2. The lowest BCUT2D eigenvalue weighted by Gasteiger charge is -2.40. The second-order valence-electron chi connectivity index (χ2n) is 22.7. The number of fused-ring (bicyclic) bond motifs is 4. The molecule has 8 rings (SSSR count). The van der Waals surface area contributed by atoms with E-state index in [1.54, 1.807) is 60.4 Å². The summed E-state index contributed by atoms with van der Waals surface area (Å²) in [5.41, 5.74) is -0.0948. The number of unbranched alkanes of at least 4 members (excludes halogenated alkanes) is 8. The van der Waals surface area contributed by atoms with Crippen molar-refractivity contribution in [2.24, 2.45) is 0 Å². The number of hydrogen-bond acceptors (Lipinski definition) is 14. The first kappa shape index (κ1) is 56.5. The average molecular weight is 1050 g/mol. The fourth-order valence-corrected chi connectivity index (χ4v) is 11.2. The fourth-order valence-electron chi connectivity index (χ4n) is 11.2. The number of carbonyl (C=O) groups excluding carboxylic acids is 4. The second kappa shape index (κ2) is 25.6. The van der Waals surface area contributed by atoms with Crippen LogP contribution in [0, 0.1) is 0 Å². The Balaban J connectivity index is 0.809. The van der Waals surface area contributed by atoms with Crippen molar-refractivity contribution < 1.29 is 66.5 Å². The van der Waals surface area contributed by atoms with Crippen molar-refractivity contribution in [2.45, 2.75) is 211 Å². The smallest absolute Gasteiger partial charge is 0.417 e. The quantitative estimate of drug-likeness (QED) is 0.115. The Morgan fingerprint density at radius 2 is 0.933 bits per heavy atom. The first-order chi connectivity index (χ1) is 36.0. The molecule has 416 valence electrons. The second-order valence-corrected chi connectivity index (χ2v) is 22.7. The van der Waals surface area contributed by atoms with E-state index in [1.807, 2.05) is 41.5 Å². The van der Waals surface area contributed by atoms with Crippen LogP contribution in [0.3, 0.4) is 0 Å². The SMILES string of the molecule is COc1ccc2c(c1)C(=O)N1CCC(OCCCCCCCCCCCOC3CCN4C(=O)c5cc(OC)ccc5N(C(=O)OC(C)(C)C)[C@@H](OC5CCCCO5)[C@H]34)[C@H]1[C@H](OC1CCCCO1)N2C(=O)OC(C)(C)C. The molecule has 0 N–H and O–H groups in total. The highest BCUT2D eigenvalue weighted by Gasteiger charge is 2.54. The lowest BCUT2D eigenvalue weighted by molar-refractivity contribution is -0.202. The van der Waals surface area contributed by atoms with Crippen molar-refractivity contribution >= 4 is 35.4 Å². The highest BCUT2D eigenvalue weighted by Crippen LogP contribution is 2.42. The van der Waals surface area contributed by atoms with Gasteiger partial charge < -0.3 is 57.2 Å². The molecular weight excluding hydrogens is 965 g/mol. The molecule has 0 spiro atoms. The van der Waals surface area contributed by atoms with Gasteiger partial charge >= 0.3 is 12.2 Å². The summed E-state index contributed by atoms with van der Waals surface area (Å²) in [4.78, 5) is 63.8. The molecule has 18 nitrogen and oxygen atoms in total. The van der Waals surface area contributed by atoms with Crippen LogP contribution >= 0.6 is 0 Å². The van der Waals surface area contributed by atoms with Crippen LogP contribution in [-0.2, 0) is 37.9 Å². The summed E-state index contributed by atoms with van der Waals surface area (Å²) in [6.45, 7) is 14.0. The van der Waals surface area contributed by atoms with Gasteiger partial charge in [0.15, 0.2) is 25.0 Å². The number of benzene rings is 2.